The second-order valence-corrected chi connectivity index (χ2v) is 10.1. The van der Waals surface area contributed by atoms with Crippen LogP contribution in [0.2, 0.25) is 0 Å². The van der Waals surface area contributed by atoms with Gasteiger partial charge in [0.2, 0.25) is 0 Å². The molecule has 0 spiro atoms. The number of rotatable bonds is 12. The van der Waals surface area contributed by atoms with Crippen LogP contribution in [0.1, 0.15) is 11.1 Å². The van der Waals surface area contributed by atoms with Gasteiger partial charge in [-0.2, -0.15) is 10.2 Å². The molecule has 1 heterocycles. The molecule has 37 heavy (non-hydrogen) atoms. The van der Waals surface area contributed by atoms with Crippen molar-refractivity contribution in [2.24, 2.45) is 10.2 Å². The van der Waals surface area contributed by atoms with Crippen molar-refractivity contribution in [3.8, 4) is 0 Å². The lowest BCUT2D eigenvalue weighted by molar-refractivity contribution is -0.385. The summed E-state index contributed by atoms with van der Waals surface area (Å²) < 4.78 is 1.04. The number of carbonyl (C=O) groups is 2. The van der Waals surface area contributed by atoms with E-state index in [0.29, 0.717) is 19.8 Å². The van der Waals surface area contributed by atoms with Crippen molar-refractivity contribution in [3.63, 3.8) is 0 Å². The Bertz CT molecular complexity index is 1260. The summed E-state index contributed by atoms with van der Waals surface area (Å²) >= 11 is 3.48. The van der Waals surface area contributed by atoms with Gasteiger partial charge in [0.05, 0.1) is 33.8 Å². The first-order chi connectivity index (χ1) is 17.8. The highest BCUT2D eigenvalue weighted by Crippen LogP contribution is 2.28. The smallest absolute Gasteiger partial charge is 0.270 e. The quantitative estimate of drug-likeness (QED) is 0.144. The van der Waals surface area contributed by atoms with Gasteiger partial charge in [0, 0.05) is 35.4 Å². The van der Waals surface area contributed by atoms with Gasteiger partial charge < -0.3 is 0 Å². The number of benzene rings is 2. The lowest BCUT2D eigenvalue weighted by Gasteiger charge is -1.98. The van der Waals surface area contributed by atoms with E-state index in [1.165, 1.54) is 60.2 Å². The molecule has 0 aliphatic rings. The highest BCUT2D eigenvalue weighted by Gasteiger charge is 2.11. The van der Waals surface area contributed by atoms with Gasteiger partial charge in [-0.15, -0.1) is 10.2 Å². The monoisotopic (exact) mass is 560 g/mol. The maximum Gasteiger partial charge on any atom is 0.270 e. The molecule has 2 amide bonds. The van der Waals surface area contributed by atoms with E-state index < -0.39 is 21.7 Å². The maximum absolute atomic E-state index is 12.0. The molecule has 0 saturated heterocycles. The van der Waals surface area contributed by atoms with Crippen molar-refractivity contribution in [2.75, 3.05) is 11.5 Å². The van der Waals surface area contributed by atoms with Crippen molar-refractivity contribution in [3.05, 3.63) is 79.9 Å². The minimum atomic E-state index is -0.523. The lowest BCUT2D eigenvalue weighted by Crippen LogP contribution is -2.19. The molecule has 0 fully saturated rings. The van der Waals surface area contributed by atoms with Gasteiger partial charge in [-0.3, -0.25) is 29.8 Å². The number of nitrogens with one attached hydrogen (secondary N) is 2. The summed E-state index contributed by atoms with van der Waals surface area (Å²) in [5, 5.41) is 37.0. The fourth-order valence-corrected chi connectivity index (χ4v) is 5.03. The molecule has 14 nitrogen and oxygen atoms in total. The second-order valence-electron chi connectivity index (χ2n) is 6.70. The molecule has 0 aliphatic carbocycles. The lowest BCUT2D eigenvalue weighted by atomic mass is 10.2. The molecule has 2 aromatic carbocycles. The maximum atomic E-state index is 12.0. The number of hydrazone groups is 2. The van der Waals surface area contributed by atoms with Crippen LogP contribution in [0.15, 0.2) is 67.4 Å². The second kappa shape index (κ2) is 13.8. The molecule has 3 rings (SSSR count). The fraction of sp³-hybridized carbons (Fsp3) is 0.100. The summed E-state index contributed by atoms with van der Waals surface area (Å²) in [5.41, 5.74) is 5.42. The number of nitro benzene ring substituents is 2. The van der Waals surface area contributed by atoms with E-state index in [9.17, 15) is 29.8 Å². The van der Waals surface area contributed by atoms with Crippen LogP contribution < -0.4 is 10.9 Å². The SMILES string of the molecule is O=C(CSc1nnc(SCC(=O)N/N=C/c2cccc([N+](=O)[O-])c2)s1)N/N=C/c1cccc([N+](=O)[O-])c1. The average Bonchev–Trinajstić information content (AvgIpc) is 3.34. The van der Waals surface area contributed by atoms with Crippen molar-refractivity contribution >= 4 is 70.5 Å². The zero-order valence-electron chi connectivity index (χ0n) is 18.5. The van der Waals surface area contributed by atoms with Crippen molar-refractivity contribution in [1.29, 1.82) is 0 Å². The van der Waals surface area contributed by atoms with Crippen molar-refractivity contribution in [2.45, 2.75) is 8.68 Å². The van der Waals surface area contributed by atoms with Gasteiger partial charge in [-0.25, -0.2) is 10.9 Å². The minimum Gasteiger partial charge on any atom is -0.272 e. The summed E-state index contributed by atoms with van der Waals surface area (Å²) in [4.78, 5) is 44.4. The van der Waals surface area contributed by atoms with E-state index in [1.54, 1.807) is 12.1 Å². The van der Waals surface area contributed by atoms with Crippen LogP contribution in [-0.4, -0.2) is 55.8 Å². The summed E-state index contributed by atoms with van der Waals surface area (Å²) in [6.45, 7) is 0. The Labute approximate surface area is 220 Å². The van der Waals surface area contributed by atoms with E-state index in [1.807, 2.05) is 0 Å². The molecule has 17 heteroatoms. The van der Waals surface area contributed by atoms with Gasteiger partial charge in [-0.1, -0.05) is 59.1 Å². The van der Waals surface area contributed by atoms with Crippen LogP contribution in [-0.2, 0) is 9.59 Å². The molecule has 190 valence electrons. The van der Waals surface area contributed by atoms with E-state index in [0.717, 1.165) is 23.5 Å². The number of hydrogen-bond donors (Lipinski definition) is 2. The van der Waals surface area contributed by atoms with Crippen LogP contribution in [0.5, 0.6) is 0 Å². The number of carbonyl (C=O) groups excluding carboxylic acids is 2. The Kier molecular flexibility index (Phi) is 10.2. The standard InChI is InChI=1S/C20H16N8O6S3/c29-17(23-21-9-13-3-1-5-15(7-13)27(31)32)11-35-19-25-26-20(37-19)36-12-18(30)24-22-10-14-4-2-6-16(8-14)28(33)34/h1-10H,11-12H2,(H,23,29)(H,24,30)/b21-9+,22-10+. The Balaban J connectivity index is 1.37. The number of aromatic nitrogens is 2. The molecule has 1 aromatic heterocycles. The zero-order valence-corrected chi connectivity index (χ0v) is 21.0. The third-order valence-electron chi connectivity index (χ3n) is 4.01. The Hall–Kier alpha value is -4.22. The summed E-state index contributed by atoms with van der Waals surface area (Å²) in [6.07, 6.45) is 2.60. The molecule has 0 unspecified atom stereocenters. The van der Waals surface area contributed by atoms with E-state index in [2.05, 4.69) is 31.3 Å². The first-order valence-electron chi connectivity index (χ1n) is 10.0. The number of amides is 2. The van der Waals surface area contributed by atoms with E-state index >= 15 is 0 Å². The fourth-order valence-electron chi connectivity index (χ4n) is 2.43. The van der Waals surface area contributed by atoms with Crippen LogP contribution in [0.4, 0.5) is 11.4 Å². The predicted molar refractivity (Wildman–Crippen MR) is 139 cm³/mol. The van der Waals surface area contributed by atoms with Gasteiger partial charge in [0.15, 0.2) is 8.68 Å². The molecule has 2 N–H and O–H groups in total. The largest absolute Gasteiger partial charge is 0.272 e. The van der Waals surface area contributed by atoms with Crippen LogP contribution >= 0.6 is 34.9 Å². The van der Waals surface area contributed by atoms with Gasteiger partial charge >= 0.3 is 0 Å². The van der Waals surface area contributed by atoms with Crippen molar-refractivity contribution < 1.29 is 19.4 Å². The summed E-state index contributed by atoms with van der Waals surface area (Å²) in [6, 6.07) is 11.6. The minimum absolute atomic E-state index is 0.0123. The molecule has 3 aromatic rings. The predicted octanol–water partition coefficient (Wildman–Crippen LogP) is 2.84. The zero-order chi connectivity index (χ0) is 26.6. The topological polar surface area (TPSA) is 195 Å². The first kappa shape index (κ1) is 27.4. The third kappa shape index (κ3) is 9.39. The van der Waals surface area contributed by atoms with Gasteiger partial charge in [-0.05, 0) is 0 Å². The van der Waals surface area contributed by atoms with E-state index in [-0.39, 0.29) is 22.9 Å². The number of hydrogen-bond acceptors (Lipinski definition) is 13. The molecule has 0 saturated carbocycles. The van der Waals surface area contributed by atoms with E-state index in [4.69, 9.17) is 0 Å². The molecule has 0 radical (unpaired) electrons. The highest BCUT2D eigenvalue weighted by molar-refractivity contribution is 8.03. The molecule has 0 aliphatic heterocycles. The molecular formula is C20H16N8O6S3. The van der Waals surface area contributed by atoms with Crippen LogP contribution in [0, 0.1) is 20.2 Å². The number of non-ortho nitro benzene ring substituents is 2. The number of thioether (sulfide) groups is 2. The molecule has 0 bridgehead atoms. The number of nitrogens with zero attached hydrogens (tertiary/aromatic N) is 6. The normalized spacial score (nSPS) is 11.0. The Morgan fingerprint density at radius 2 is 1.27 bits per heavy atom. The number of nitro groups is 2. The third-order valence-corrected chi connectivity index (χ3v) is 7.20. The summed E-state index contributed by atoms with van der Waals surface area (Å²) in [7, 11) is 0. The average molecular weight is 561 g/mol. The van der Waals surface area contributed by atoms with Crippen LogP contribution in [0.25, 0.3) is 0 Å². The summed E-state index contributed by atoms with van der Waals surface area (Å²) in [5.74, 6) is -0.786. The highest BCUT2D eigenvalue weighted by atomic mass is 32.2. The van der Waals surface area contributed by atoms with Crippen LogP contribution in [0.3, 0.4) is 0 Å². The van der Waals surface area contributed by atoms with Gasteiger partial charge in [0.1, 0.15) is 0 Å². The molecule has 0 atom stereocenters. The first-order valence-corrected chi connectivity index (χ1v) is 12.8. The molecular weight excluding hydrogens is 544 g/mol. The Morgan fingerprint density at radius 1 is 0.838 bits per heavy atom. The van der Waals surface area contributed by atoms with Crippen molar-refractivity contribution in [1.82, 2.24) is 21.0 Å². The Morgan fingerprint density at radius 3 is 1.68 bits per heavy atom. The van der Waals surface area contributed by atoms with Gasteiger partial charge in [0.25, 0.3) is 23.2 Å².